The van der Waals surface area contributed by atoms with Crippen molar-refractivity contribution in [2.45, 2.75) is 37.5 Å². The minimum absolute atomic E-state index is 0.479. The molecule has 80 valence electrons. The summed E-state index contributed by atoms with van der Waals surface area (Å²) in [6.07, 6.45) is 6.78. The van der Waals surface area contributed by atoms with E-state index in [4.69, 9.17) is 0 Å². The summed E-state index contributed by atoms with van der Waals surface area (Å²) in [5.74, 6) is 0. The van der Waals surface area contributed by atoms with E-state index in [9.17, 15) is 0 Å². The van der Waals surface area contributed by atoms with Crippen LogP contribution in [0.25, 0.3) is 0 Å². The van der Waals surface area contributed by atoms with Crippen LogP contribution in [0, 0.1) is 0 Å². The largest absolute Gasteiger partial charge is 0.316 e. The highest BCUT2D eigenvalue weighted by Crippen LogP contribution is 2.41. The molecule has 3 rings (SSSR count). The van der Waals surface area contributed by atoms with Crippen LogP contribution in [0.15, 0.2) is 24.3 Å². The van der Waals surface area contributed by atoms with Gasteiger partial charge < -0.3 is 5.32 Å². The quantitative estimate of drug-likeness (QED) is 0.680. The molecule has 0 bridgehead atoms. The van der Waals surface area contributed by atoms with E-state index in [1.165, 1.54) is 45.2 Å². The van der Waals surface area contributed by atoms with Gasteiger partial charge in [0.15, 0.2) is 0 Å². The molecule has 0 saturated carbocycles. The lowest BCUT2D eigenvalue weighted by Gasteiger charge is -2.42. The van der Waals surface area contributed by atoms with Crippen LogP contribution < -0.4 is 5.32 Å². The second kappa shape index (κ2) is 3.64. The Kier molecular flexibility index (Phi) is 2.28. The van der Waals surface area contributed by atoms with E-state index in [-0.39, 0.29) is 0 Å². The number of piperidine rings is 1. The lowest BCUT2D eigenvalue weighted by atomic mass is 9.66. The van der Waals surface area contributed by atoms with Crippen LogP contribution in [-0.4, -0.2) is 13.1 Å². The fourth-order valence-corrected chi connectivity index (χ4v) is 3.42. The zero-order valence-electron chi connectivity index (χ0n) is 9.26. The number of nitrogens with one attached hydrogen (secondary N) is 1. The molecule has 1 nitrogen and oxygen atoms in total. The first kappa shape index (κ1) is 9.41. The average Bonchev–Trinajstić information content (AvgIpc) is 2.31. The first-order valence-corrected chi connectivity index (χ1v) is 6.20. The number of benzene rings is 1. The summed E-state index contributed by atoms with van der Waals surface area (Å²) in [7, 11) is 0. The third-order valence-corrected chi connectivity index (χ3v) is 4.16. The van der Waals surface area contributed by atoms with E-state index >= 15 is 0 Å². The van der Waals surface area contributed by atoms with E-state index < -0.39 is 0 Å². The average molecular weight is 201 g/mol. The second-order valence-electron chi connectivity index (χ2n) is 5.07. The SMILES string of the molecule is c1ccc2c(c1)CCCC21CCCNC1. The van der Waals surface area contributed by atoms with Crippen molar-refractivity contribution in [3.8, 4) is 0 Å². The third-order valence-electron chi connectivity index (χ3n) is 4.16. The van der Waals surface area contributed by atoms with E-state index in [0.717, 1.165) is 0 Å². The van der Waals surface area contributed by atoms with Gasteiger partial charge in [-0.15, -0.1) is 0 Å². The van der Waals surface area contributed by atoms with Gasteiger partial charge in [-0.05, 0) is 49.8 Å². The predicted molar refractivity (Wildman–Crippen MR) is 63.2 cm³/mol. The molecule has 1 heteroatoms. The summed E-state index contributed by atoms with van der Waals surface area (Å²) in [6, 6.07) is 9.08. The lowest BCUT2D eigenvalue weighted by molar-refractivity contribution is 0.273. The van der Waals surface area contributed by atoms with Gasteiger partial charge in [-0.25, -0.2) is 0 Å². The first-order valence-electron chi connectivity index (χ1n) is 6.20. The summed E-state index contributed by atoms with van der Waals surface area (Å²) in [4.78, 5) is 0. The fraction of sp³-hybridized carbons (Fsp3) is 0.571. The van der Waals surface area contributed by atoms with Crippen molar-refractivity contribution in [1.29, 1.82) is 0 Å². The Morgan fingerprint density at radius 1 is 1.07 bits per heavy atom. The van der Waals surface area contributed by atoms with Crippen molar-refractivity contribution in [1.82, 2.24) is 5.32 Å². The van der Waals surface area contributed by atoms with E-state index in [1.54, 1.807) is 11.1 Å². The molecule has 1 aromatic rings. The van der Waals surface area contributed by atoms with Crippen LogP contribution in [0.1, 0.15) is 36.8 Å². The van der Waals surface area contributed by atoms with E-state index in [1.807, 2.05) is 0 Å². The number of fused-ring (bicyclic) bond motifs is 2. The monoisotopic (exact) mass is 201 g/mol. The summed E-state index contributed by atoms with van der Waals surface area (Å²) in [5, 5.41) is 3.59. The number of hydrogen-bond donors (Lipinski definition) is 1. The van der Waals surface area contributed by atoms with Crippen LogP contribution in [0.3, 0.4) is 0 Å². The standard InChI is InChI=1S/C14H19N/c1-2-7-13-12(5-1)6-3-8-14(13)9-4-10-15-11-14/h1-2,5,7,15H,3-4,6,8-11H2. The molecule has 1 heterocycles. The van der Waals surface area contributed by atoms with Gasteiger partial charge >= 0.3 is 0 Å². The van der Waals surface area contributed by atoms with Crippen LogP contribution in [0.2, 0.25) is 0 Å². The highest BCUT2D eigenvalue weighted by molar-refractivity contribution is 5.37. The molecule has 1 aliphatic carbocycles. The molecule has 1 spiro atoms. The van der Waals surface area contributed by atoms with E-state index in [0.29, 0.717) is 5.41 Å². The van der Waals surface area contributed by atoms with Crippen molar-refractivity contribution in [3.05, 3.63) is 35.4 Å². The summed E-state index contributed by atoms with van der Waals surface area (Å²) >= 11 is 0. The van der Waals surface area contributed by atoms with Gasteiger partial charge in [0.05, 0.1) is 0 Å². The second-order valence-corrected chi connectivity index (χ2v) is 5.07. The molecule has 1 N–H and O–H groups in total. The highest BCUT2D eigenvalue weighted by atomic mass is 14.9. The summed E-state index contributed by atoms with van der Waals surface area (Å²) in [6.45, 7) is 2.41. The molecule has 1 saturated heterocycles. The zero-order valence-corrected chi connectivity index (χ0v) is 9.26. The van der Waals surface area contributed by atoms with Crippen LogP contribution in [-0.2, 0) is 11.8 Å². The normalized spacial score (nSPS) is 30.1. The zero-order chi connectivity index (χ0) is 10.1. The molecule has 1 fully saturated rings. The molecular weight excluding hydrogens is 182 g/mol. The Hall–Kier alpha value is -0.820. The van der Waals surface area contributed by atoms with Gasteiger partial charge in [0.1, 0.15) is 0 Å². The molecule has 1 aliphatic heterocycles. The Morgan fingerprint density at radius 2 is 1.93 bits per heavy atom. The van der Waals surface area contributed by atoms with Gasteiger partial charge in [-0.2, -0.15) is 0 Å². The van der Waals surface area contributed by atoms with E-state index in [2.05, 4.69) is 29.6 Å². The van der Waals surface area contributed by atoms with Gasteiger partial charge in [0.2, 0.25) is 0 Å². The van der Waals surface area contributed by atoms with Gasteiger partial charge in [-0.3, -0.25) is 0 Å². The maximum absolute atomic E-state index is 3.59. The minimum Gasteiger partial charge on any atom is -0.316 e. The highest BCUT2D eigenvalue weighted by Gasteiger charge is 2.36. The van der Waals surface area contributed by atoms with Crippen LogP contribution in [0.4, 0.5) is 0 Å². The number of hydrogen-bond acceptors (Lipinski definition) is 1. The number of aryl methyl sites for hydroxylation is 1. The smallest absolute Gasteiger partial charge is 0.00810 e. The Labute approximate surface area is 91.9 Å². The molecule has 1 unspecified atom stereocenters. The minimum atomic E-state index is 0.479. The third kappa shape index (κ3) is 1.50. The lowest BCUT2D eigenvalue weighted by Crippen LogP contribution is -2.45. The van der Waals surface area contributed by atoms with Gasteiger partial charge in [0.25, 0.3) is 0 Å². The van der Waals surface area contributed by atoms with Crippen molar-refractivity contribution in [2.75, 3.05) is 13.1 Å². The van der Waals surface area contributed by atoms with Crippen LogP contribution >= 0.6 is 0 Å². The Morgan fingerprint density at radius 3 is 2.80 bits per heavy atom. The maximum Gasteiger partial charge on any atom is 0.00810 e. The van der Waals surface area contributed by atoms with Crippen LogP contribution in [0.5, 0.6) is 0 Å². The first-order chi connectivity index (χ1) is 7.41. The fourth-order valence-electron chi connectivity index (χ4n) is 3.42. The summed E-state index contributed by atoms with van der Waals surface area (Å²) < 4.78 is 0. The molecule has 0 radical (unpaired) electrons. The molecule has 0 aromatic heterocycles. The molecule has 2 aliphatic rings. The van der Waals surface area contributed by atoms with Crippen molar-refractivity contribution >= 4 is 0 Å². The Bertz CT molecular complexity index is 350. The predicted octanol–water partition coefficient (Wildman–Crippen LogP) is 2.64. The molecule has 0 amide bonds. The summed E-state index contributed by atoms with van der Waals surface area (Å²) in [5.41, 5.74) is 3.73. The van der Waals surface area contributed by atoms with Gasteiger partial charge in [0, 0.05) is 12.0 Å². The van der Waals surface area contributed by atoms with Gasteiger partial charge in [-0.1, -0.05) is 24.3 Å². The molecule has 1 atom stereocenters. The van der Waals surface area contributed by atoms with Crippen molar-refractivity contribution in [3.63, 3.8) is 0 Å². The molecule has 1 aromatic carbocycles. The maximum atomic E-state index is 3.59. The number of rotatable bonds is 0. The molecular formula is C14H19N. The van der Waals surface area contributed by atoms with Crippen molar-refractivity contribution < 1.29 is 0 Å². The van der Waals surface area contributed by atoms with Crippen molar-refractivity contribution in [2.24, 2.45) is 0 Å². The topological polar surface area (TPSA) is 12.0 Å². The molecule has 15 heavy (non-hydrogen) atoms. The Balaban J connectivity index is 2.04.